The van der Waals surface area contributed by atoms with E-state index < -0.39 is 16.0 Å². The summed E-state index contributed by atoms with van der Waals surface area (Å²) in [6, 6.07) is 14.8. The molecule has 2 aromatic carbocycles. The molecule has 1 fully saturated rings. The van der Waals surface area contributed by atoms with Gasteiger partial charge in [-0.25, -0.2) is 8.42 Å². The standard InChI is InChI=1S/C22H28N2O4S/c1-3-17-7-9-21(10-8-17)29(27,28)23(2)16-18-5-4-6-20(15-18)24-13-11-19(12-14-24)22(25)26/h4-10,15,19H,3,11-14,16H2,1-2H3,(H,25,26). The van der Waals surface area contributed by atoms with Crippen LogP contribution in [0.25, 0.3) is 0 Å². The van der Waals surface area contributed by atoms with Crippen LogP contribution in [0.2, 0.25) is 0 Å². The predicted molar refractivity (Wildman–Crippen MR) is 113 cm³/mol. The molecule has 1 aliphatic heterocycles. The second-order valence-electron chi connectivity index (χ2n) is 7.53. The zero-order valence-corrected chi connectivity index (χ0v) is 17.7. The minimum Gasteiger partial charge on any atom is -0.481 e. The number of nitrogens with zero attached hydrogens (tertiary/aromatic N) is 2. The van der Waals surface area contributed by atoms with Gasteiger partial charge in [-0.1, -0.05) is 31.2 Å². The average molecular weight is 417 g/mol. The Kier molecular flexibility index (Phi) is 6.59. The Labute approximate surface area is 172 Å². The van der Waals surface area contributed by atoms with Crippen LogP contribution in [0, 0.1) is 5.92 Å². The summed E-state index contributed by atoms with van der Waals surface area (Å²) in [6.45, 7) is 3.70. The molecule has 0 saturated carbocycles. The van der Waals surface area contributed by atoms with Crippen LogP contribution in [-0.4, -0.2) is 43.9 Å². The Bertz CT molecular complexity index is 949. The van der Waals surface area contributed by atoms with Crippen molar-refractivity contribution in [3.05, 3.63) is 59.7 Å². The number of carboxylic acid groups (broad SMARTS) is 1. The van der Waals surface area contributed by atoms with Crippen LogP contribution in [0.15, 0.2) is 53.4 Å². The SMILES string of the molecule is CCc1ccc(S(=O)(=O)N(C)Cc2cccc(N3CCC(C(=O)O)CC3)c2)cc1. The molecular formula is C22H28N2O4S. The maximum absolute atomic E-state index is 12.9. The van der Waals surface area contributed by atoms with Crippen molar-refractivity contribution in [3.8, 4) is 0 Å². The number of hydrogen-bond donors (Lipinski definition) is 1. The molecule has 0 aliphatic carbocycles. The van der Waals surface area contributed by atoms with Gasteiger partial charge in [0.05, 0.1) is 10.8 Å². The fraction of sp³-hybridized carbons (Fsp3) is 0.409. The summed E-state index contributed by atoms with van der Waals surface area (Å²) in [7, 11) is -1.97. The number of rotatable bonds is 7. The van der Waals surface area contributed by atoms with Gasteiger partial charge < -0.3 is 10.0 Å². The number of benzene rings is 2. The molecule has 156 valence electrons. The number of sulfonamides is 1. The van der Waals surface area contributed by atoms with E-state index in [1.807, 2.05) is 43.3 Å². The van der Waals surface area contributed by atoms with Gasteiger partial charge in [0.1, 0.15) is 0 Å². The molecule has 6 nitrogen and oxygen atoms in total. The van der Waals surface area contributed by atoms with E-state index in [1.54, 1.807) is 19.2 Å². The highest BCUT2D eigenvalue weighted by atomic mass is 32.2. The molecule has 0 spiro atoms. The average Bonchev–Trinajstić information content (AvgIpc) is 2.74. The predicted octanol–water partition coefficient (Wildman–Crippen LogP) is 3.37. The maximum Gasteiger partial charge on any atom is 0.306 e. The van der Waals surface area contributed by atoms with Gasteiger partial charge >= 0.3 is 5.97 Å². The summed E-state index contributed by atoms with van der Waals surface area (Å²) < 4.78 is 27.1. The quantitative estimate of drug-likeness (QED) is 0.749. The normalized spacial score (nSPS) is 15.6. The summed E-state index contributed by atoms with van der Waals surface area (Å²) in [5.74, 6) is -0.998. The third-order valence-electron chi connectivity index (χ3n) is 5.56. The summed E-state index contributed by atoms with van der Waals surface area (Å²) in [5.41, 5.74) is 3.01. The van der Waals surface area contributed by atoms with Crippen LogP contribution in [0.5, 0.6) is 0 Å². The topological polar surface area (TPSA) is 77.9 Å². The van der Waals surface area contributed by atoms with Crippen molar-refractivity contribution in [2.24, 2.45) is 5.92 Å². The van der Waals surface area contributed by atoms with Gasteiger partial charge in [0.2, 0.25) is 10.0 Å². The highest BCUT2D eigenvalue weighted by molar-refractivity contribution is 7.89. The second kappa shape index (κ2) is 8.97. The number of aryl methyl sites for hydroxylation is 1. The van der Waals surface area contributed by atoms with E-state index in [-0.39, 0.29) is 12.5 Å². The molecule has 0 radical (unpaired) electrons. The minimum atomic E-state index is -3.56. The molecule has 1 heterocycles. The van der Waals surface area contributed by atoms with Crippen molar-refractivity contribution in [1.82, 2.24) is 4.31 Å². The van der Waals surface area contributed by atoms with E-state index >= 15 is 0 Å². The number of hydrogen-bond acceptors (Lipinski definition) is 4. The molecule has 0 bridgehead atoms. The highest BCUT2D eigenvalue weighted by Gasteiger charge is 2.25. The Morgan fingerprint density at radius 2 is 1.76 bits per heavy atom. The van der Waals surface area contributed by atoms with Gasteiger partial charge in [0, 0.05) is 32.4 Å². The summed E-state index contributed by atoms with van der Waals surface area (Å²) in [6.07, 6.45) is 2.12. The van der Waals surface area contributed by atoms with Crippen LogP contribution >= 0.6 is 0 Å². The molecule has 0 atom stereocenters. The van der Waals surface area contributed by atoms with Crippen LogP contribution in [-0.2, 0) is 27.8 Å². The largest absolute Gasteiger partial charge is 0.481 e. The second-order valence-corrected chi connectivity index (χ2v) is 9.57. The van der Waals surface area contributed by atoms with Gasteiger partial charge in [0.15, 0.2) is 0 Å². The van der Waals surface area contributed by atoms with Gasteiger partial charge in [0.25, 0.3) is 0 Å². The van der Waals surface area contributed by atoms with Crippen LogP contribution in [0.1, 0.15) is 30.9 Å². The Hall–Kier alpha value is -2.38. The number of carboxylic acids is 1. The molecule has 1 saturated heterocycles. The van der Waals surface area contributed by atoms with Crippen molar-refractivity contribution in [1.29, 1.82) is 0 Å². The summed E-state index contributed by atoms with van der Waals surface area (Å²) >= 11 is 0. The van der Waals surface area contributed by atoms with Crippen molar-refractivity contribution in [2.45, 2.75) is 37.6 Å². The number of anilines is 1. The van der Waals surface area contributed by atoms with Gasteiger partial charge in [-0.2, -0.15) is 4.31 Å². The lowest BCUT2D eigenvalue weighted by atomic mass is 9.96. The smallest absolute Gasteiger partial charge is 0.306 e. The lowest BCUT2D eigenvalue weighted by Gasteiger charge is -2.32. The summed E-state index contributed by atoms with van der Waals surface area (Å²) in [4.78, 5) is 13.6. The first-order chi connectivity index (χ1) is 13.8. The third-order valence-corrected chi connectivity index (χ3v) is 7.38. The zero-order valence-electron chi connectivity index (χ0n) is 16.9. The van der Waals surface area contributed by atoms with E-state index in [0.29, 0.717) is 30.8 Å². The molecule has 2 aromatic rings. The van der Waals surface area contributed by atoms with Crippen molar-refractivity contribution < 1.29 is 18.3 Å². The zero-order chi connectivity index (χ0) is 21.0. The Balaban J connectivity index is 1.70. The fourth-order valence-corrected chi connectivity index (χ4v) is 4.81. The first-order valence-electron chi connectivity index (χ1n) is 9.93. The van der Waals surface area contributed by atoms with Crippen LogP contribution < -0.4 is 4.90 Å². The number of carbonyl (C=O) groups is 1. The third kappa shape index (κ3) is 4.97. The first-order valence-corrected chi connectivity index (χ1v) is 11.4. The van der Waals surface area contributed by atoms with Crippen LogP contribution in [0.4, 0.5) is 5.69 Å². The molecule has 7 heteroatoms. The van der Waals surface area contributed by atoms with E-state index in [2.05, 4.69) is 4.90 Å². The van der Waals surface area contributed by atoms with Gasteiger partial charge in [-0.3, -0.25) is 4.79 Å². The molecule has 0 aromatic heterocycles. The molecule has 0 amide bonds. The van der Waals surface area contributed by atoms with E-state index in [4.69, 9.17) is 5.11 Å². The molecule has 1 N–H and O–H groups in total. The minimum absolute atomic E-state index is 0.273. The van der Waals surface area contributed by atoms with E-state index in [9.17, 15) is 13.2 Å². The van der Waals surface area contributed by atoms with Gasteiger partial charge in [-0.15, -0.1) is 0 Å². The molecule has 1 aliphatic rings. The Morgan fingerprint density at radius 3 is 2.34 bits per heavy atom. The Morgan fingerprint density at radius 1 is 1.10 bits per heavy atom. The highest BCUT2D eigenvalue weighted by Crippen LogP contribution is 2.25. The van der Waals surface area contributed by atoms with Crippen molar-refractivity contribution in [2.75, 3.05) is 25.0 Å². The lowest BCUT2D eigenvalue weighted by Crippen LogP contribution is -2.36. The van der Waals surface area contributed by atoms with Crippen molar-refractivity contribution >= 4 is 21.7 Å². The first kappa shape index (κ1) is 21.3. The monoisotopic (exact) mass is 416 g/mol. The molecule has 3 rings (SSSR count). The number of piperidine rings is 1. The summed E-state index contributed by atoms with van der Waals surface area (Å²) in [5, 5.41) is 9.16. The molecule has 0 unspecified atom stereocenters. The van der Waals surface area contributed by atoms with E-state index in [0.717, 1.165) is 23.2 Å². The number of aliphatic carboxylic acids is 1. The molecular weight excluding hydrogens is 388 g/mol. The van der Waals surface area contributed by atoms with Gasteiger partial charge in [-0.05, 0) is 54.7 Å². The van der Waals surface area contributed by atoms with Crippen LogP contribution in [0.3, 0.4) is 0 Å². The molecule has 29 heavy (non-hydrogen) atoms. The lowest BCUT2D eigenvalue weighted by molar-refractivity contribution is -0.142. The fourth-order valence-electron chi connectivity index (χ4n) is 3.66. The van der Waals surface area contributed by atoms with Crippen molar-refractivity contribution in [3.63, 3.8) is 0 Å². The maximum atomic E-state index is 12.9. The van der Waals surface area contributed by atoms with E-state index in [1.165, 1.54) is 4.31 Å².